The number of hydrogen-bond acceptors (Lipinski definition) is 4. The summed E-state index contributed by atoms with van der Waals surface area (Å²) in [7, 11) is 0. The predicted octanol–water partition coefficient (Wildman–Crippen LogP) is 4.18. The fraction of sp³-hybridized carbons (Fsp3) is 0.286. The van der Waals surface area contributed by atoms with Crippen molar-refractivity contribution in [2.75, 3.05) is 17.2 Å². The molecule has 0 fully saturated rings. The second kappa shape index (κ2) is 8.14. The molecular weight excluding hydrogens is 375 g/mol. The average Bonchev–Trinajstić information content (AvgIpc) is 3.14. The first-order chi connectivity index (χ1) is 13.7. The number of aromatic nitrogens is 3. The van der Waals surface area contributed by atoms with E-state index in [0.717, 1.165) is 25.1 Å². The van der Waals surface area contributed by atoms with Crippen molar-refractivity contribution < 1.29 is 9.18 Å². The quantitative estimate of drug-likeness (QED) is 0.607. The van der Waals surface area contributed by atoms with Gasteiger partial charge in [-0.25, -0.2) is 4.39 Å². The molecule has 0 saturated heterocycles. The van der Waals surface area contributed by atoms with Gasteiger partial charge < -0.3 is 9.47 Å². The van der Waals surface area contributed by atoms with Crippen molar-refractivity contribution in [3.05, 3.63) is 59.9 Å². The molecule has 0 aliphatic carbocycles. The molecule has 0 bridgehead atoms. The van der Waals surface area contributed by atoms with Gasteiger partial charge in [0.25, 0.3) is 0 Å². The van der Waals surface area contributed by atoms with Gasteiger partial charge in [-0.2, -0.15) is 0 Å². The number of benzene rings is 2. The highest BCUT2D eigenvalue weighted by Crippen LogP contribution is 2.29. The minimum atomic E-state index is -0.331. The van der Waals surface area contributed by atoms with Gasteiger partial charge in [0.1, 0.15) is 5.82 Å². The van der Waals surface area contributed by atoms with Crippen LogP contribution in [-0.2, 0) is 17.8 Å². The van der Waals surface area contributed by atoms with Crippen molar-refractivity contribution >= 4 is 23.4 Å². The van der Waals surface area contributed by atoms with E-state index in [-0.39, 0.29) is 17.5 Å². The van der Waals surface area contributed by atoms with Crippen LogP contribution in [-0.4, -0.2) is 33.0 Å². The summed E-state index contributed by atoms with van der Waals surface area (Å²) >= 11 is 1.35. The van der Waals surface area contributed by atoms with E-state index in [2.05, 4.69) is 16.3 Å². The minimum absolute atomic E-state index is 0.0512. The normalized spacial score (nSPS) is 13.4. The molecule has 0 spiro atoms. The number of fused-ring (bicyclic) bond motifs is 1. The molecule has 144 valence electrons. The highest BCUT2D eigenvalue weighted by atomic mass is 32.2. The van der Waals surface area contributed by atoms with Crippen LogP contribution in [0.2, 0.25) is 0 Å². The van der Waals surface area contributed by atoms with E-state index < -0.39 is 0 Å². The highest BCUT2D eigenvalue weighted by molar-refractivity contribution is 7.99. The first kappa shape index (κ1) is 18.7. The lowest BCUT2D eigenvalue weighted by molar-refractivity contribution is -0.116. The molecule has 1 aromatic heterocycles. The van der Waals surface area contributed by atoms with Crippen LogP contribution in [0.25, 0.3) is 11.4 Å². The zero-order valence-corrected chi connectivity index (χ0v) is 16.5. The molecule has 0 unspecified atom stereocenters. The molecule has 1 aliphatic heterocycles. The van der Waals surface area contributed by atoms with Gasteiger partial charge in [-0.05, 0) is 43.5 Å². The smallest absolute Gasteiger partial charge is 0.237 e. The Bertz CT molecular complexity index is 1000. The molecule has 1 aliphatic rings. The standard InChI is InChI=1S/C21H21FN4OS/c1-2-25-20(16-10-4-5-11-17(16)22)23-24-21(25)28-14-19(27)26-13-7-9-15-8-3-6-12-18(15)26/h3-6,8,10-12H,2,7,9,13-14H2,1H3. The van der Waals surface area contributed by atoms with E-state index >= 15 is 0 Å². The van der Waals surface area contributed by atoms with Crippen LogP contribution in [0.3, 0.4) is 0 Å². The number of para-hydroxylation sites is 1. The SMILES string of the molecule is CCn1c(SCC(=O)N2CCCc3ccccc32)nnc1-c1ccccc1F. The fourth-order valence-corrected chi connectivity index (χ4v) is 4.40. The summed E-state index contributed by atoms with van der Waals surface area (Å²) in [6.07, 6.45) is 1.97. The number of rotatable bonds is 5. The average molecular weight is 396 g/mol. The molecule has 0 atom stereocenters. The maximum Gasteiger partial charge on any atom is 0.237 e. The molecule has 2 heterocycles. The lowest BCUT2D eigenvalue weighted by Gasteiger charge is -2.29. The maximum absolute atomic E-state index is 14.1. The summed E-state index contributed by atoms with van der Waals surface area (Å²) in [4.78, 5) is 14.7. The summed E-state index contributed by atoms with van der Waals surface area (Å²) in [6, 6.07) is 14.6. The summed E-state index contributed by atoms with van der Waals surface area (Å²) in [5.74, 6) is 0.472. The van der Waals surface area contributed by atoms with Crippen LogP contribution in [0.15, 0.2) is 53.7 Å². The summed E-state index contributed by atoms with van der Waals surface area (Å²) in [5.41, 5.74) is 2.63. The Labute approximate surface area is 167 Å². The Balaban J connectivity index is 1.52. The molecule has 28 heavy (non-hydrogen) atoms. The Morgan fingerprint density at radius 2 is 1.93 bits per heavy atom. The van der Waals surface area contributed by atoms with Crippen LogP contribution in [0.5, 0.6) is 0 Å². The molecule has 0 N–H and O–H groups in total. The van der Waals surface area contributed by atoms with Gasteiger partial charge >= 0.3 is 0 Å². The van der Waals surface area contributed by atoms with Crippen LogP contribution >= 0.6 is 11.8 Å². The summed E-state index contributed by atoms with van der Waals surface area (Å²) < 4.78 is 16.0. The number of nitrogens with zero attached hydrogens (tertiary/aromatic N) is 4. The third-order valence-corrected chi connectivity index (χ3v) is 5.84. The lowest BCUT2D eigenvalue weighted by Crippen LogP contribution is -2.36. The summed E-state index contributed by atoms with van der Waals surface area (Å²) in [5, 5.41) is 9.00. The number of amides is 1. The zero-order valence-electron chi connectivity index (χ0n) is 15.6. The molecule has 0 radical (unpaired) electrons. The first-order valence-corrected chi connectivity index (χ1v) is 10.4. The van der Waals surface area contributed by atoms with Crippen molar-refractivity contribution in [3.63, 3.8) is 0 Å². The number of aryl methyl sites for hydroxylation is 1. The van der Waals surface area contributed by atoms with Crippen molar-refractivity contribution in [2.24, 2.45) is 0 Å². The van der Waals surface area contributed by atoms with Crippen molar-refractivity contribution in [1.82, 2.24) is 14.8 Å². The molecule has 5 nitrogen and oxygen atoms in total. The van der Waals surface area contributed by atoms with Gasteiger partial charge in [0.2, 0.25) is 5.91 Å². The molecule has 2 aromatic carbocycles. The van der Waals surface area contributed by atoms with E-state index in [1.165, 1.54) is 23.4 Å². The van der Waals surface area contributed by atoms with Gasteiger partial charge in [0.15, 0.2) is 11.0 Å². The third kappa shape index (κ3) is 3.54. The second-order valence-corrected chi connectivity index (χ2v) is 7.54. The van der Waals surface area contributed by atoms with Crippen LogP contribution < -0.4 is 4.90 Å². The fourth-order valence-electron chi connectivity index (χ4n) is 3.52. The molecule has 0 saturated carbocycles. The zero-order chi connectivity index (χ0) is 19.5. The second-order valence-electron chi connectivity index (χ2n) is 6.60. The predicted molar refractivity (Wildman–Crippen MR) is 109 cm³/mol. The number of carbonyl (C=O) groups excluding carboxylic acids is 1. The molecule has 4 rings (SSSR count). The van der Waals surface area contributed by atoms with Gasteiger partial charge in [0, 0.05) is 18.8 Å². The first-order valence-electron chi connectivity index (χ1n) is 9.38. The number of anilines is 1. The Morgan fingerprint density at radius 1 is 1.14 bits per heavy atom. The van der Waals surface area contributed by atoms with E-state index in [9.17, 15) is 9.18 Å². The minimum Gasteiger partial charge on any atom is -0.311 e. The van der Waals surface area contributed by atoms with Gasteiger partial charge in [-0.15, -0.1) is 10.2 Å². The largest absolute Gasteiger partial charge is 0.311 e. The van der Waals surface area contributed by atoms with Crippen LogP contribution in [0.4, 0.5) is 10.1 Å². The molecule has 1 amide bonds. The number of hydrogen-bond donors (Lipinski definition) is 0. The Kier molecular flexibility index (Phi) is 5.43. The lowest BCUT2D eigenvalue weighted by atomic mass is 10.0. The highest BCUT2D eigenvalue weighted by Gasteiger charge is 2.23. The number of halogens is 1. The summed E-state index contributed by atoms with van der Waals surface area (Å²) in [6.45, 7) is 3.29. The van der Waals surface area contributed by atoms with Crippen molar-refractivity contribution in [2.45, 2.75) is 31.5 Å². The van der Waals surface area contributed by atoms with Gasteiger partial charge in [0.05, 0.1) is 11.3 Å². The third-order valence-electron chi connectivity index (χ3n) is 4.88. The maximum atomic E-state index is 14.1. The number of thioether (sulfide) groups is 1. The molecule has 3 aromatic rings. The monoisotopic (exact) mass is 396 g/mol. The number of carbonyl (C=O) groups is 1. The van der Waals surface area contributed by atoms with Crippen molar-refractivity contribution in [1.29, 1.82) is 0 Å². The van der Waals surface area contributed by atoms with Crippen LogP contribution in [0, 0.1) is 5.82 Å². The molecular formula is C21H21FN4OS. The van der Waals surface area contributed by atoms with Gasteiger partial charge in [-0.1, -0.05) is 42.1 Å². The van der Waals surface area contributed by atoms with Crippen molar-refractivity contribution in [3.8, 4) is 11.4 Å². The van der Waals surface area contributed by atoms with E-state index in [4.69, 9.17) is 0 Å². The van der Waals surface area contributed by atoms with Gasteiger partial charge in [-0.3, -0.25) is 4.79 Å². The Hall–Kier alpha value is -2.67. The van der Waals surface area contributed by atoms with E-state index in [1.54, 1.807) is 18.2 Å². The van der Waals surface area contributed by atoms with E-state index in [0.29, 0.717) is 23.1 Å². The topological polar surface area (TPSA) is 51.0 Å². The van der Waals surface area contributed by atoms with E-state index in [1.807, 2.05) is 34.6 Å². The molecule has 7 heteroatoms. The van der Waals surface area contributed by atoms with Crippen LogP contribution in [0.1, 0.15) is 18.9 Å². The Morgan fingerprint density at radius 3 is 2.75 bits per heavy atom.